The van der Waals surface area contributed by atoms with Crippen molar-refractivity contribution in [1.29, 1.82) is 0 Å². The van der Waals surface area contributed by atoms with Crippen LogP contribution in [0.4, 0.5) is 0 Å². The van der Waals surface area contributed by atoms with Gasteiger partial charge in [0.25, 0.3) is 0 Å². The summed E-state index contributed by atoms with van der Waals surface area (Å²) in [5.74, 6) is 0.637. The summed E-state index contributed by atoms with van der Waals surface area (Å²) in [6.45, 7) is 6.00. The van der Waals surface area contributed by atoms with Crippen molar-refractivity contribution in [3.8, 4) is 11.5 Å². The molecule has 3 nitrogen and oxygen atoms in total. The van der Waals surface area contributed by atoms with E-state index in [0.717, 1.165) is 11.1 Å². The molecule has 1 aromatic rings. The summed E-state index contributed by atoms with van der Waals surface area (Å²) in [6, 6.07) is 4.78. The molecule has 0 amide bonds. The summed E-state index contributed by atoms with van der Waals surface area (Å²) in [7, 11) is 0. The second kappa shape index (κ2) is 4.63. The molecule has 1 aliphatic heterocycles. The van der Waals surface area contributed by atoms with Crippen molar-refractivity contribution in [1.82, 2.24) is 0 Å². The van der Waals surface area contributed by atoms with E-state index in [1.54, 1.807) is 18.2 Å². The lowest BCUT2D eigenvalue weighted by molar-refractivity contribution is 0.0688. The first-order chi connectivity index (χ1) is 8.13. The van der Waals surface area contributed by atoms with Crippen molar-refractivity contribution in [2.24, 2.45) is 5.92 Å². The van der Waals surface area contributed by atoms with Crippen molar-refractivity contribution in [3.63, 3.8) is 0 Å². The van der Waals surface area contributed by atoms with Crippen LogP contribution in [-0.2, 0) is 0 Å². The lowest BCUT2D eigenvalue weighted by atomic mass is 9.88. The number of allylic oxidation sites excluding steroid dienone is 2. The molecule has 0 saturated carbocycles. The number of phenolic OH excluding ortho intramolecular Hbond substituents is 1. The average Bonchev–Trinajstić information content (AvgIpc) is 2.29. The molecule has 0 bridgehead atoms. The quantitative estimate of drug-likeness (QED) is 0.770. The zero-order valence-electron chi connectivity index (χ0n) is 9.76. The van der Waals surface area contributed by atoms with E-state index in [-0.39, 0.29) is 11.7 Å². The highest BCUT2D eigenvalue weighted by Gasteiger charge is 2.30. The van der Waals surface area contributed by atoms with Crippen LogP contribution >= 0.6 is 0 Å². The average molecular weight is 232 g/mol. The first kappa shape index (κ1) is 11.7. The minimum absolute atomic E-state index is 0.0648. The summed E-state index contributed by atoms with van der Waals surface area (Å²) < 4.78 is 5.56. The maximum absolute atomic E-state index is 10.3. The van der Waals surface area contributed by atoms with Gasteiger partial charge in [-0.3, -0.25) is 0 Å². The summed E-state index contributed by atoms with van der Waals surface area (Å²) in [5.41, 5.74) is 1.75. The second-order valence-corrected chi connectivity index (χ2v) is 4.23. The predicted molar refractivity (Wildman–Crippen MR) is 66.0 cm³/mol. The Kier molecular flexibility index (Phi) is 3.20. The van der Waals surface area contributed by atoms with Gasteiger partial charge in [-0.2, -0.15) is 0 Å². The van der Waals surface area contributed by atoms with Gasteiger partial charge in [-0.15, -0.1) is 0 Å². The standard InChI is InChI=1S/C14H16O3/c1-3-4-9(2)12-8-17-13-7-10(15)5-6-11(13)14(12)16/h3-7,12,14-16H,1,8H2,2H3/b9-4+. The highest BCUT2D eigenvalue weighted by Crippen LogP contribution is 2.39. The third kappa shape index (κ3) is 2.19. The molecule has 2 atom stereocenters. The molecular formula is C14H16O3. The number of aromatic hydroxyl groups is 1. The van der Waals surface area contributed by atoms with Crippen LogP contribution in [0.2, 0.25) is 0 Å². The smallest absolute Gasteiger partial charge is 0.128 e. The molecular weight excluding hydrogens is 216 g/mol. The number of fused-ring (bicyclic) bond motifs is 1. The molecule has 2 unspecified atom stereocenters. The maximum Gasteiger partial charge on any atom is 0.128 e. The fourth-order valence-corrected chi connectivity index (χ4v) is 2.07. The summed E-state index contributed by atoms with van der Waals surface area (Å²) >= 11 is 0. The van der Waals surface area contributed by atoms with Crippen molar-refractivity contribution in [2.45, 2.75) is 13.0 Å². The van der Waals surface area contributed by atoms with Gasteiger partial charge in [0.2, 0.25) is 0 Å². The molecule has 1 aliphatic rings. The molecule has 1 aromatic carbocycles. The molecule has 90 valence electrons. The maximum atomic E-state index is 10.3. The molecule has 3 heteroatoms. The fourth-order valence-electron chi connectivity index (χ4n) is 2.07. The SMILES string of the molecule is C=C/C=C(\C)C1COc2cc(O)ccc2C1O. The van der Waals surface area contributed by atoms with Crippen molar-refractivity contribution in [2.75, 3.05) is 6.61 Å². The third-order valence-electron chi connectivity index (χ3n) is 3.08. The third-order valence-corrected chi connectivity index (χ3v) is 3.08. The highest BCUT2D eigenvalue weighted by molar-refractivity contribution is 5.43. The van der Waals surface area contributed by atoms with Gasteiger partial charge in [0, 0.05) is 17.5 Å². The van der Waals surface area contributed by atoms with E-state index in [1.807, 2.05) is 13.0 Å². The zero-order valence-corrected chi connectivity index (χ0v) is 9.76. The molecule has 0 aromatic heterocycles. The number of phenols is 1. The van der Waals surface area contributed by atoms with Crippen molar-refractivity contribution < 1.29 is 14.9 Å². The van der Waals surface area contributed by atoms with E-state index in [9.17, 15) is 10.2 Å². The van der Waals surface area contributed by atoms with E-state index in [1.165, 1.54) is 6.07 Å². The van der Waals surface area contributed by atoms with Crippen molar-refractivity contribution in [3.05, 3.63) is 48.1 Å². The van der Waals surface area contributed by atoms with Gasteiger partial charge >= 0.3 is 0 Å². The highest BCUT2D eigenvalue weighted by atomic mass is 16.5. The number of hydrogen-bond acceptors (Lipinski definition) is 3. The van der Waals surface area contributed by atoms with Gasteiger partial charge in [-0.1, -0.05) is 24.3 Å². The van der Waals surface area contributed by atoms with Crippen LogP contribution in [0, 0.1) is 5.92 Å². The molecule has 0 spiro atoms. The van der Waals surface area contributed by atoms with Crippen LogP contribution in [0.3, 0.4) is 0 Å². The first-order valence-electron chi connectivity index (χ1n) is 5.56. The van der Waals surface area contributed by atoms with Gasteiger partial charge in [-0.25, -0.2) is 0 Å². The van der Waals surface area contributed by atoms with Gasteiger partial charge in [0.05, 0.1) is 12.7 Å². The Morgan fingerprint density at radius 2 is 2.29 bits per heavy atom. The number of benzene rings is 1. The van der Waals surface area contributed by atoms with Crippen molar-refractivity contribution >= 4 is 0 Å². The molecule has 0 aliphatic carbocycles. The summed E-state index contributed by atoms with van der Waals surface area (Å²) in [5, 5.41) is 19.6. The van der Waals surface area contributed by atoms with E-state index in [0.29, 0.717) is 12.4 Å². The molecule has 1 heterocycles. The first-order valence-corrected chi connectivity index (χ1v) is 5.56. The zero-order chi connectivity index (χ0) is 12.4. The topological polar surface area (TPSA) is 49.7 Å². The Balaban J connectivity index is 2.33. The van der Waals surface area contributed by atoms with Crippen LogP contribution in [-0.4, -0.2) is 16.8 Å². The van der Waals surface area contributed by atoms with Crippen LogP contribution in [0.25, 0.3) is 0 Å². The van der Waals surface area contributed by atoms with Gasteiger partial charge < -0.3 is 14.9 Å². The largest absolute Gasteiger partial charge is 0.508 e. The van der Waals surface area contributed by atoms with Crippen LogP contribution in [0.1, 0.15) is 18.6 Å². The van der Waals surface area contributed by atoms with Crippen LogP contribution in [0.15, 0.2) is 42.5 Å². The van der Waals surface area contributed by atoms with E-state index < -0.39 is 6.10 Å². The number of rotatable bonds is 2. The van der Waals surface area contributed by atoms with Crippen LogP contribution in [0.5, 0.6) is 11.5 Å². The number of ether oxygens (including phenoxy) is 1. The molecule has 2 N–H and O–H groups in total. The Morgan fingerprint density at radius 1 is 1.53 bits per heavy atom. The normalized spacial score (nSPS) is 23.8. The molecule has 2 rings (SSSR count). The number of aliphatic hydroxyl groups excluding tert-OH is 1. The Morgan fingerprint density at radius 3 is 3.00 bits per heavy atom. The predicted octanol–water partition coefficient (Wildman–Crippen LogP) is 2.57. The monoisotopic (exact) mass is 232 g/mol. The second-order valence-electron chi connectivity index (χ2n) is 4.23. The number of aliphatic hydroxyl groups is 1. The minimum atomic E-state index is -0.601. The van der Waals surface area contributed by atoms with E-state index in [4.69, 9.17) is 4.74 Å². The summed E-state index contributed by atoms with van der Waals surface area (Å²) in [4.78, 5) is 0. The van der Waals surface area contributed by atoms with Gasteiger partial charge in [-0.05, 0) is 19.1 Å². The van der Waals surface area contributed by atoms with Crippen LogP contribution < -0.4 is 4.74 Å². The lowest BCUT2D eigenvalue weighted by Crippen LogP contribution is -2.26. The van der Waals surface area contributed by atoms with E-state index >= 15 is 0 Å². The molecule has 17 heavy (non-hydrogen) atoms. The molecule has 0 saturated heterocycles. The Bertz CT molecular complexity index is 463. The Hall–Kier alpha value is -1.74. The van der Waals surface area contributed by atoms with Gasteiger partial charge in [0.15, 0.2) is 0 Å². The Labute approximate surface area is 101 Å². The molecule has 0 fully saturated rings. The lowest BCUT2D eigenvalue weighted by Gasteiger charge is -2.31. The minimum Gasteiger partial charge on any atom is -0.508 e. The molecule has 0 radical (unpaired) electrons. The number of hydrogen-bond donors (Lipinski definition) is 2. The summed E-state index contributed by atoms with van der Waals surface area (Å²) in [6.07, 6.45) is 2.98. The fraction of sp³-hybridized carbons (Fsp3) is 0.286. The van der Waals surface area contributed by atoms with Gasteiger partial charge in [0.1, 0.15) is 11.5 Å². The van der Waals surface area contributed by atoms with E-state index in [2.05, 4.69) is 6.58 Å².